The number of nitrogens with zero attached hydrogens (tertiary/aromatic N) is 1. The summed E-state index contributed by atoms with van der Waals surface area (Å²) in [4.78, 5) is 14.9. The molecule has 1 aromatic carbocycles. The SMILES string of the molecule is NC(C(=O)O)c1csc(-c2ccc(Cl)c(Cl)c2)n1. The third kappa shape index (κ3) is 2.64. The third-order valence-electron chi connectivity index (χ3n) is 2.27. The van der Waals surface area contributed by atoms with E-state index in [2.05, 4.69) is 4.98 Å². The van der Waals surface area contributed by atoms with Crippen LogP contribution in [0.2, 0.25) is 10.0 Å². The number of carboxylic acids is 1. The Morgan fingerprint density at radius 1 is 1.39 bits per heavy atom. The Balaban J connectivity index is 2.35. The first-order valence-electron chi connectivity index (χ1n) is 4.88. The predicted octanol–water partition coefficient (Wildman–Crippen LogP) is 3.20. The van der Waals surface area contributed by atoms with E-state index in [0.29, 0.717) is 20.7 Å². The van der Waals surface area contributed by atoms with Crippen molar-refractivity contribution in [3.05, 3.63) is 39.3 Å². The maximum atomic E-state index is 10.7. The third-order valence-corrected chi connectivity index (χ3v) is 3.92. The number of carbonyl (C=O) groups is 1. The average Bonchev–Trinajstić information content (AvgIpc) is 2.81. The normalized spacial score (nSPS) is 12.4. The molecule has 0 spiro atoms. The van der Waals surface area contributed by atoms with Crippen molar-refractivity contribution in [1.29, 1.82) is 0 Å². The molecule has 1 atom stereocenters. The van der Waals surface area contributed by atoms with Gasteiger partial charge in [-0.15, -0.1) is 11.3 Å². The largest absolute Gasteiger partial charge is 0.480 e. The second-order valence-electron chi connectivity index (χ2n) is 3.52. The second kappa shape index (κ2) is 5.24. The Morgan fingerprint density at radius 2 is 2.11 bits per heavy atom. The van der Waals surface area contributed by atoms with E-state index in [1.807, 2.05) is 0 Å². The first-order chi connectivity index (χ1) is 8.49. The number of hydrogen-bond donors (Lipinski definition) is 2. The van der Waals surface area contributed by atoms with E-state index in [1.165, 1.54) is 11.3 Å². The second-order valence-corrected chi connectivity index (χ2v) is 5.19. The Bertz CT molecular complexity index is 600. The number of hydrogen-bond acceptors (Lipinski definition) is 4. The number of nitrogens with two attached hydrogens (primary N) is 1. The van der Waals surface area contributed by atoms with Crippen molar-refractivity contribution in [3.8, 4) is 10.6 Å². The molecule has 94 valence electrons. The van der Waals surface area contributed by atoms with Gasteiger partial charge in [-0.25, -0.2) is 4.98 Å². The van der Waals surface area contributed by atoms with E-state index in [9.17, 15) is 4.79 Å². The molecule has 1 heterocycles. The van der Waals surface area contributed by atoms with Crippen molar-refractivity contribution in [2.45, 2.75) is 6.04 Å². The smallest absolute Gasteiger partial charge is 0.326 e. The van der Waals surface area contributed by atoms with Gasteiger partial charge in [0.2, 0.25) is 0 Å². The lowest BCUT2D eigenvalue weighted by molar-refractivity contribution is -0.138. The molecule has 0 aliphatic carbocycles. The summed E-state index contributed by atoms with van der Waals surface area (Å²) in [6.45, 7) is 0. The molecule has 0 aliphatic heterocycles. The van der Waals surface area contributed by atoms with Crippen molar-refractivity contribution in [2.24, 2.45) is 5.73 Å². The summed E-state index contributed by atoms with van der Waals surface area (Å²) >= 11 is 13.0. The Morgan fingerprint density at radius 3 is 2.72 bits per heavy atom. The first kappa shape index (κ1) is 13.3. The summed E-state index contributed by atoms with van der Waals surface area (Å²) in [5.74, 6) is -1.11. The molecule has 2 aromatic rings. The molecule has 0 fully saturated rings. The van der Waals surface area contributed by atoms with Gasteiger partial charge in [0.05, 0.1) is 15.7 Å². The molecule has 0 bridgehead atoms. The topological polar surface area (TPSA) is 76.2 Å². The van der Waals surface area contributed by atoms with Crippen molar-refractivity contribution >= 4 is 40.5 Å². The molecule has 2 rings (SSSR count). The highest BCUT2D eigenvalue weighted by Crippen LogP contribution is 2.31. The fraction of sp³-hybridized carbons (Fsp3) is 0.0909. The van der Waals surface area contributed by atoms with E-state index < -0.39 is 12.0 Å². The minimum atomic E-state index is -1.11. The standard InChI is InChI=1S/C11H8Cl2N2O2S/c12-6-2-1-5(3-7(6)13)10-15-8(4-18-10)9(14)11(16)17/h1-4,9H,14H2,(H,16,17). The van der Waals surface area contributed by atoms with Gasteiger partial charge in [0.15, 0.2) is 0 Å². The van der Waals surface area contributed by atoms with E-state index >= 15 is 0 Å². The monoisotopic (exact) mass is 302 g/mol. The molecule has 7 heteroatoms. The van der Waals surface area contributed by atoms with Crippen LogP contribution in [0, 0.1) is 0 Å². The summed E-state index contributed by atoms with van der Waals surface area (Å²) in [5, 5.41) is 12.0. The van der Waals surface area contributed by atoms with Gasteiger partial charge in [-0.1, -0.05) is 29.3 Å². The number of rotatable bonds is 3. The van der Waals surface area contributed by atoms with Crippen LogP contribution in [0.1, 0.15) is 11.7 Å². The maximum absolute atomic E-state index is 10.7. The van der Waals surface area contributed by atoms with Gasteiger partial charge in [-0.05, 0) is 12.1 Å². The first-order valence-corrected chi connectivity index (χ1v) is 6.52. The molecule has 0 saturated heterocycles. The lowest BCUT2D eigenvalue weighted by Crippen LogP contribution is -2.20. The average molecular weight is 303 g/mol. The molecule has 0 radical (unpaired) electrons. The van der Waals surface area contributed by atoms with Crippen LogP contribution in [-0.4, -0.2) is 16.1 Å². The molecule has 0 amide bonds. The summed E-state index contributed by atoms with van der Waals surface area (Å²) in [5.41, 5.74) is 6.58. The lowest BCUT2D eigenvalue weighted by atomic mass is 10.2. The van der Waals surface area contributed by atoms with Gasteiger partial charge in [0, 0.05) is 10.9 Å². The minimum Gasteiger partial charge on any atom is -0.480 e. The molecular weight excluding hydrogens is 295 g/mol. The highest BCUT2D eigenvalue weighted by molar-refractivity contribution is 7.13. The van der Waals surface area contributed by atoms with Crippen LogP contribution in [0.15, 0.2) is 23.6 Å². The van der Waals surface area contributed by atoms with Gasteiger partial charge < -0.3 is 10.8 Å². The molecule has 4 nitrogen and oxygen atoms in total. The Kier molecular flexibility index (Phi) is 3.87. The van der Waals surface area contributed by atoms with Gasteiger partial charge in [0.1, 0.15) is 11.0 Å². The number of aliphatic carboxylic acids is 1. The van der Waals surface area contributed by atoms with Crippen LogP contribution in [0.3, 0.4) is 0 Å². The number of thiazole rings is 1. The van der Waals surface area contributed by atoms with Crippen LogP contribution in [0.25, 0.3) is 10.6 Å². The van der Waals surface area contributed by atoms with Crippen molar-refractivity contribution < 1.29 is 9.90 Å². The fourth-order valence-corrected chi connectivity index (χ4v) is 2.47. The van der Waals surface area contributed by atoms with E-state index in [4.69, 9.17) is 34.0 Å². The maximum Gasteiger partial charge on any atom is 0.326 e. The van der Waals surface area contributed by atoms with Crippen molar-refractivity contribution in [1.82, 2.24) is 4.98 Å². The van der Waals surface area contributed by atoms with Gasteiger partial charge in [-0.2, -0.15) is 0 Å². The molecule has 0 aliphatic rings. The van der Waals surface area contributed by atoms with Gasteiger partial charge >= 0.3 is 5.97 Å². The van der Waals surface area contributed by atoms with E-state index in [-0.39, 0.29) is 0 Å². The van der Waals surface area contributed by atoms with Gasteiger partial charge in [0.25, 0.3) is 0 Å². The number of carboxylic acid groups (broad SMARTS) is 1. The highest BCUT2D eigenvalue weighted by atomic mass is 35.5. The number of aromatic nitrogens is 1. The zero-order valence-corrected chi connectivity index (χ0v) is 11.3. The van der Waals surface area contributed by atoms with Crippen molar-refractivity contribution in [2.75, 3.05) is 0 Å². The lowest BCUT2D eigenvalue weighted by Gasteiger charge is -2.01. The molecular formula is C11H8Cl2N2O2S. The van der Waals surface area contributed by atoms with Crippen LogP contribution in [0.5, 0.6) is 0 Å². The molecule has 1 unspecified atom stereocenters. The van der Waals surface area contributed by atoms with Crippen molar-refractivity contribution in [3.63, 3.8) is 0 Å². The van der Waals surface area contributed by atoms with Crippen LogP contribution >= 0.6 is 34.5 Å². The summed E-state index contributed by atoms with van der Waals surface area (Å²) in [6, 6.07) is 4.00. The van der Waals surface area contributed by atoms with Crippen LogP contribution in [-0.2, 0) is 4.79 Å². The minimum absolute atomic E-state index is 0.327. The number of halogens is 2. The number of benzene rings is 1. The summed E-state index contributed by atoms with van der Waals surface area (Å²) in [6.07, 6.45) is 0. The zero-order valence-electron chi connectivity index (χ0n) is 8.93. The van der Waals surface area contributed by atoms with E-state index in [0.717, 1.165) is 5.56 Å². The molecule has 18 heavy (non-hydrogen) atoms. The molecule has 3 N–H and O–H groups in total. The summed E-state index contributed by atoms with van der Waals surface area (Å²) < 4.78 is 0. The Labute approximate surface area is 117 Å². The van der Waals surface area contributed by atoms with Crippen LogP contribution in [0.4, 0.5) is 0 Å². The molecule has 0 saturated carbocycles. The Hall–Kier alpha value is -1.14. The fourth-order valence-electron chi connectivity index (χ4n) is 1.32. The zero-order chi connectivity index (χ0) is 13.3. The van der Waals surface area contributed by atoms with Crippen LogP contribution < -0.4 is 5.73 Å². The van der Waals surface area contributed by atoms with Gasteiger partial charge in [-0.3, -0.25) is 4.79 Å². The summed E-state index contributed by atoms with van der Waals surface area (Å²) in [7, 11) is 0. The predicted molar refractivity (Wildman–Crippen MR) is 72.1 cm³/mol. The molecule has 1 aromatic heterocycles. The highest BCUT2D eigenvalue weighted by Gasteiger charge is 2.18. The quantitative estimate of drug-likeness (QED) is 0.913. The van der Waals surface area contributed by atoms with E-state index in [1.54, 1.807) is 23.6 Å².